The average molecular weight is 463 g/mol. The Hall–Kier alpha value is -3.49. The SMILES string of the molecule is CN[C@H]1CCC[C@H](C(=O)NO)[C@@H]1NC(=O)c1ccc(OCc2cc(C)nc3ccccc23)cc1. The number of hydroxylamine groups is 1. The third-order valence-corrected chi connectivity index (χ3v) is 6.45. The van der Waals surface area contributed by atoms with Crippen molar-refractivity contribution >= 4 is 22.7 Å². The van der Waals surface area contributed by atoms with Crippen LogP contribution < -0.4 is 20.9 Å². The van der Waals surface area contributed by atoms with Crippen molar-refractivity contribution in [3.8, 4) is 5.75 Å². The van der Waals surface area contributed by atoms with E-state index in [-0.39, 0.29) is 11.9 Å². The van der Waals surface area contributed by atoms with Crippen molar-refractivity contribution in [3.63, 3.8) is 0 Å². The van der Waals surface area contributed by atoms with Crippen LogP contribution >= 0.6 is 0 Å². The molecule has 0 radical (unpaired) electrons. The standard InChI is InChI=1S/C26H30N4O4/c1-16-14-18(20-6-3-4-8-22(20)28-16)15-34-19-12-10-17(11-13-19)25(31)29-24-21(26(32)30-33)7-5-9-23(24)27-2/h3-4,6,8,10-14,21,23-24,27,33H,5,7,9,15H2,1-2H3,(H,29,31)(H,30,32)/t21-,23-,24-/m0/s1. The number of carbonyl (C=O) groups excluding carboxylic acids is 2. The number of pyridine rings is 1. The molecule has 3 atom stereocenters. The summed E-state index contributed by atoms with van der Waals surface area (Å²) in [7, 11) is 1.81. The molecule has 8 heteroatoms. The highest BCUT2D eigenvalue weighted by Crippen LogP contribution is 2.26. The number of ether oxygens (including phenoxy) is 1. The van der Waals surface area contributed by atoms with Crippen molar-refractivity contribution in [2.75, 3.05) is 7.05 Å². The average Bonchev–Trinajstić information content (AvgIpc) is 2.87. The summed E-state index contributed by atoms with van der Waals surface area (Å²) in [6.07, 6.45) is 2.28. The van der Waals surface area contributed by atoms with Crippen LogP contribution in [0.5, 0.6) is 5.75 Å². The maximum atomic E-state index is 12.9. The zero-order valence-corrected chi connectivity index (χ0v) is 19.4. The minimum atomic E-state index is -0.499. The molecule has 0 unspecified atom stereocenters. The van der Waals surface area contributed by atoms with Gasteiger partial charge in [-0.25, -0.2) is 5.48 Å². The number of nitrogens with zero attached hydrogens (tertiary/aromatic N) is 1. The normalized spacial score (nSPS) is 20.0. The second-order valence-corrected chi connectivity index (χ2v) is 8.66. The number of nitrogens with one attached hydrogen (secondary N) is 3. The number of para-hydroxylation sites is 1. The van der Waals surface area contributed by atoms with Gasteiger partial charge in [-0.2, -0.15) is 0 Å². The molecule has 0 saturated heterocycles. The molecule has 4 N–H and O–H groups in total. The number of aryl methyl sites for hydroxylation is 1. The summed E-state index contributed by atoms with van der Waals surface area (Å²) < 4.78 is 5.99. The van der Waals surface area contributed by atoms with Crippen LogP contribution in [0.25, 0.3) is 10.9 Å². The third kappa shape index (κ3) is 5.18. The van der Waals surface area contributed by atoms with Gasteiger partial charge in [0.05, 0.1) is 17.5 Å². The molecule has 34 heavy (non-hydrogen) atoms. The third-order valence-electron chi connectivity index (χ3n) is 6.45. The zero-order valence-electron chi connectivity index (χ0n) is 19.4. The molecule has 0 spiro atoms. The first-order chi connectivity index (χ1) is 16.5. The molecule has 1 aliphatic carbocycles. The Kier molecular flexibility index (Phi) is 7.40. The summed E-state index contributed by atoms with van der Waals surface area (Å²) in [4.78, 5) is 29.6. The molecular weight excluding hydrogens is 432 g/mol. The number of hydrogen-bond acceptors (Lipinski definition) is 6. The van der Waals surface area contributed by atoms with E-state index in [1.54, 1.807) is 29.7 Å². The molecule has 4 rings (SSSR count). The second-order valence-electron chi connectivity index (χ2n) is 8.66. The number of fused-ring (bicyclic) bond motifs is 1. The molecule has 1 aromatic heterocycles. The maximum Gasteiger partial charge on any atom is 0.251 e. The van der Waals surface area contributed by atoms with Crippen LogP contribution in [0.4, 0.5) is 0 Å². The lowest BCUT2D eigenvalue weighted by Gasteiger charge is -2.37. The molecule has 1 aliphatic rings. The summed E-state index contributed by atoms with van der Waals surface area (Å²) in [5.74, 6) is -0.599. The smallest absolute Gasteiger partial charge is 0.251 e. The first-order valence-corrected chi connectivity index (χ1v) is 11.5. The van der Waals surface area contributed by atoms with Gasteiger partial charge in [-0.1, -0.05) is 24.6 Å². The summed E-state index contributed by atoms with van der Waals surface area (Å²) in [5.41, 5.74) is 5.12. The van der Waals surface area contributed by atoms with Gasteiger partial charge in [0, 0.05) is 28.2 Å². The number of benzene rings is 2. The topological polar surface area (TPSA) is 113 Å². The predicted molar refractivity (Wildman–Crippen MR) is 129 cm³/mol. The molecule has 8 nitrogen and oxygen atoms in total. The number of aromatic nitrogens is 1. The van der Waals surface area contributed by atoms with Crippen LogP contribution in [0.15, 0.2) is 54.6 Å². The zero-order chi connectivity index (χ0) is 24.1. The second kappa shape index (κ2) is 10.6. The van der Waals surface area contributed by atoms with Crippen molar-refractivity contribution in [1.82, 2.24) is 21.1 Å². The molecule has 3 aromatic rings. The highest BCUT2D eigenvalue weighted by Gasteiger charge is 2.38. The number of likely N-dealkylation sites (N-methyl/N-ethyl adjacent to an activating group) is 1. The fraction of sp³-hybridized carbons (Fsp3) is 0.346. The highest BCUT2D eigenvalue weighted by molar-refractivity contribution is 5.95. The van der Waals surface area contributed by atoms with Crippen molar-refractivity contribution in [2.45, 2.75) is 44.9 Å². The van der Waals surface area contributed by atoms with E-state index in [4.69, 9.17) is 9.94 Å². The van der Waals surface area contributed by atoms with Crippen molar-refractivity contribution in [1.29, 1.82) is 0 Å². The Morgan fingerprint density at radius 3 is 2.62 bits per heavy atom. The largest absolute Gasteiger partial charge is 0.489 e. The predicted octanol–water partition coefficient (Wildman–Crippen LogP) is 3.11. The van der Waals surface area contributed by atoms with E-state index < -0.39 is 17.9 Å². The van der Waals surface area contributed by atoms with Crippen molar-refractivity contribution in [2.24, 2.45) is 5.92 Å². The van der Waals surface area contributed by atoms with Crippen molar-refractivity contribution in [3.05, 3.63) is 71.4 Å². The summed E-state index contributed by atoms with van der Waals surface area (Å²) >= 11 is 0. The Morgan fingerprint density at radius 2 is 1.88 bits per heavy atom. The Morgan fingerprint density at radius 1 is 1.12 bits per heavy atom. The van der Waals surface area contributed by atoms with Gasteiger partial charge in [-0.3, -0.25) is 19.8 Å². The number of amides is 2. The van der Waals surface area contributed by atoms with Crippen LogP contribution in [0.1, 0.15) is 40.9 Å². The summed E-state index contributed by atoms with van der Waals surface area (Å²) in [5, 5.41) is 16.3. The number of hydrogen-bond donors (Lipinski definition) is 4. The van der Waals surface area contributed by atoms with Gasteiger partial charge in [0.2, 0.25) is 5.91 Å². The quantitative estimate of drug-likeness (QED) is 0.317. The first-order valence-electron chi connectivity index (χ1n) is 11.5. The van der Waals surface area contributed by atoms with Gasteiger partial charge in [0.25, 0.3) is 5.91 Å². The lowest BCUT2D eigenvalue weighted by atomic mass is 9.80. The van der Waals surface area contributed by atoms with Crippen LogP contribution in [0.2, 0.25) is 0 Å². The minimum Gasteiger partial charge on any atom is -0.489 e. The molecule has 2 amide bonds. The summed E-state index contributed by atoms with van der Waals surface area (Å²) in [6, 6.07) is 16.4. The van der Waals surface area contributed by atoms with Crippen LogP contribution in [-0.2, 0) is 11.4 Å². The fourth-order valence-corrected chi connectivity index (χ4v) is 4.71. The van der Waals surface area contributed by atoms with E-state index >= 15 is 0 Å². The number of rotatable bonds is 7. The minimum absolute atomic E-state index is 0.0544. The van der Waals surface area contributed by atoms with E-state index in [0.717, 1.165) is 35.0 Å². The molecular formula is C26H30N4O4. The molecule has 1 saturated carbocycles. The van der Waals surface area contributed by atoms with E-state index in [0.29, 0.717) is 24.3 Å². The summed E-state index contributed by atoms with van der Waals surface area (Å²) in [6.45, 7) is 2.35. The van der Waals surface area contributed by atoms with Gasteiger partial charge in [-0.15, -0.1) is 0 Å². The number of carbonyl (C=O) groups is 2. The fourth-order valence-electron chi connectivity index (χ4n) is 4.71. The molecule has 0 aliphatic heterocycles. The van der Waals surface area contributed by atoms with Gasteiger partial charge in [-0.05, 0) is 63.2 Å². The molecule has 1 fully saturated rings. The molecule has 0 bridgehead atoms. The Balaban J connectivity index is 1.43. The molecule has 178 valence electrons. The first kappa shape index (κ1) is 23.7. The van der Waals surface area contributed by atoms with E-state index in [2.05, 4.69) is 15.6 Å². The van der Waals surface area contributed by atoms with Gasteiger partial charge < -0.3 is 15.4 Å². The molecule has 2 aromatic carbocycles. The van der Waals surface area contributed by atoms with Crippen LogP contribution in [0, 0.1) is 12.8 Å². The lowest BCUT2D eigenvalue weighted by molar-refractivity contribution is -0.135. The van der Waals surface area contributed by atoms with Gasteiger partial charge >= 0.3 is 0 Å². The van der Waals surface area contributed by atoms with Crippen LogP contribution in [0.3, 0.4) is 0 Å². The van der Waals surface area contributed by atoms with Gasteiger partial charge in [0.1, 0.15) is 12.4 Å². The Labute approximate surface area is 198 Å². The Bertz CT molecular complexity index is 1170. The maximum absolute atomic E-state index is 12.9. The molecule has 1 heterocycles. The highest BCUT2D eigenvalue weighted by atomic mass is 16.5. The van der Waals surface area contributed by atoms with Gasteiger partial charge in [0.15, 0.2) is 0 Å². The van der Waals surface area contributed by atoms with Crippen molar-refractivity contribution < 1.29 is 19.5 Å². The van der Waals surface area contributed by atoms with E-state index in [1.165, 1.54) is 0 Å². The van der Waals surface area contributed by atoms with Crippen LogP contribution in [-0.4, -0.2) is 41.1 Å². The van der Waals surface area contributed by atoms with E-state index in [1.807, 2.05) is 44.3 Å². The van der Waals surface area contributed by atoms with E-state index in [9.17, 15) is 9.59 Å². The lowest BCUT2D eigenvalue weighted by Crippen LogP contribution is -2.58. The monoisotopic (exact) mass is 462 g/mol.